The number of aliphatic hydroxyl groups is 1. The van der Waals surface area contributed by atoms with Crippen molar-refractivity contribution in [1.29, 1.82) is 0 Å². The van der Waals surface area contributed by atoms with E-state index < -0.39 is 12.1 Å². The van der Waals surface area contributed by atoms with E-state index in [0.29, 0.717) is 5.56 Å². The van der Waals surface area contributed by atoms with Gasteiger partial charge < -0.3 is 10.8 Å². The number of carbonyl (C=O) groups excluding carboxylic acids is 1. The Morgan fingerprint density at radius 2 is 1.93 bits per heavy atom. The minimum atomic E-state index is -0.918. The first-order valence-corrected chi connectivity index (χ1v) is 5.86. The predicted molar refractivity (Wildman–Crippen MR) is 61.8 cm³/mol. The van der Waals surface area contributed by atoms with E-state index in [2.05, 4.69) is 0 Å². The van der Waals surface area contributed by atoms with Crippen LogP contribution in [0.3, 0.4) is 0 Å². The van der Waals surface area contributed by atoms with Crippen molar-refractivity contribution in [2.24, 2.45) is 5.73 Å². The summed E-state index contributed by atoms with van der Waals surface area (Å²) in [6, 6.07) is 6.54. The number of carbonyl (C=O) groups is 1. The topological polar surface area (TPSA) is 63.3 Å². The van der Waals surface area contributed by atoms with Crippen LogP contribution in [0, 0.1) is 0 Å². The van der Waals surface area contributed by atoms with Gasteiger partial charge in [0, 0.05) is 4.90 Å². The van der Waals surface area contributed by atoms with E-state index in [9.17, 15) is 9.90 Å². The highest BCUT2D eigenvalue weighted by Crippen LogP contribution is 2.20. The molecule has 2 atom stereocenters. The lowest BCUT2D eigenvalue weighted by Crippen LogP contribution is -2.35. The van der Waals surface area contributed by atoms with Gasteiger partial charge >= 0.3 is 0 Å². The second-order valence-electron chi connectivity index (χ2n) is 3.35. The van der Waals surface area contributed by atoms with Gasteiger partial charge in [-0.25, -0.2) is 0 Å². The van der Waals surface area contributed by atoms with E-state index >= 15 is 0 Å². The van der Waals surface area contributed by atoms with Gasteiger partial charge in [-0.15, -0.1) is 11.8 Å². The molecule has 0 unspecified atom stereocenters. The summed E-state index contributed by atoms with van der Waals surface area (Å²) in [4.78, 5) is 12.1. The summed E-state index contributed by atoms with van der Waals surface area (Å²) < 4.78 is 0. The van der Waals surface area contributed by atoms with E-state index in [1.807, 2.05) is 18.4 Å². The maximum atomic E-state index is 11.0. The van der Waals surface area contributed by atoms with Crippen LogP contribution in [0.25, 0.3) is 0 Å². The highest BCUT2D eigenvalue weighted by Gasteiger charge is 2.20. The standard InChI is InChI=1S/C11H15NO2S/c1-7(13)10(12)11(14)8-3-5-9(15-2)6-4-8/h3-6,10-11,14H,12H2,1-2H3/t10-,11-/m1/s1. The molecule has 0 aromatic heterocycles. The number of benzene rings is 1. The third kappa shape index (κ3) is 3.06. The van der Waals surface area contributed by atoms with Crippen molar-refractivity contribution in [2.45, 2.75) is 24.0 Å². The van der Waals surface area contributed by atoms with Crippen LogP contribution in [0.15, 0.2) is 29.2 Å². The highest BCUT2D eigenvalue weighted by molar-refractivity contribution is 7.98. The summed E-state index contributed by atoms with van der Waals surface area (Å²) in [6.07, 6.45) is 1.06. The van der Waals surface area contributed by atoms with Crippen molar-refractivity contribution in [3.05, 3.63) is 29.8 Å². The number of hydrogen-bond donors (Lipinski definition) is 2. The number of nitrogens with two attached hydrogens (primary N) is 1. The van der Waals surface area contributed by atoms with Gasteiger partial charge in [-0.3, -0.25) is 4.79 Å². The molecule has 0 fully saturated rings. The van der Waals surface area contributed by atoms with Crippen molar-refractivity contribution in [1.82, 2.24) is 0 Å². The van der Waals surface area contributed by atoms with E-state index in [1.165, 1.54) is 6.92 Å². The lowest BCUT2D eigenvalue weighted by Gasteiger charge is -2.16. The quantitative estimate of drug-likeness (QED) is 0.759. The van der Waals surface area contributed by atoms with Gasteiger partial charge in [0.25, 0.3) is 0 Å². The van der Waals surface area contributed by atoms with Crippen LogP contribution in [0.5, 0.6) is 0 Å². The predicted octanol–water partition coefficient (Wildman–Crippen LogP) is 1.36. The first-order valence-electron chi connectivity index (χ1n) is 4.64. The molecule has 1 aromatic rings. The molecule has 0 saturated heterocycles. The Balaban J connectivity index is 2.82. The van der Waals surface area contributed by atoms with Crippen LogP contribution in [0.2, 0.25) is 0 Å². The van der Waals surface area contributed by atoms with E-state index in [1.54, 1.807) is 23.9 Å². The Hall–Kier alpha value is -0.840. The Kier molecular flexibility index (Phi) is 4.32. The zero-order valence-electron chi connectivity index (χ0n) is 8.81. The molecular weight excluding hydrogens is 210 g/mol. The minimum absolute atomic E-state index is 0.212. The molecule has 1 rings (SSSR count). The minimum Gasteiger partial charge on any atom is -0.386 e. The molecule has 3 N–H and O–H groups in total. The van der Waals surface area contributed by atoms with Crippen molar-refractivity contribution in [2.75, 3.05) is 6.26 Å². The number of rotatable bonds is 4. The Labute approximate surface area is 93.7 Å². The van der Waals surface area contributed by atoms with Gasteiger partial charge in [-0.1, -0.05) is 12.1 Å². The van der Waals surface area contributed by atoms with Crippen molar-refractivity contribution < 1.29 is 9.90 Å². The molecule has 1 aromatic carbocycles. The van der Waals surface area contributed by atoms with Gasteiger partial charge in [0.1, 0.15) is 11.9 Å². The highest BCUT2D eigenvalue weighted by atomic mass is 32.2. The maximum Gasteiger partial charge on any atom is 0.149 e. The summed E-state index contributed by atoms with van der Waals surface area (Å²) in [7, 11) is 0. The molecule has 0 amide bonds. The van der Waals surface area contributed by atoms with Crippen LogP contribution in [-0.4, -0.2) is 23.2 Å². The molecule has 0 bridgehead atoms. The maximum absolute atomic E-state index is 11.0. The van der Waals surface area contributed by atoms with Gasteiger partial charge in [-0.2, -0.15) is 0 Å². The third-order valence-corrected chi connectivity index (χ3v) is 3.01. The fourth-order valence-electron chi connectivity index (χ4n) is 1.23. The van der Waals surface area contributed by atoms with Crippen LogP contribution in [0.1, 0.15) is 18.6 Å². The van der Waals surface area contributed by atoms with Crippen LogP contribution < -0.4 is 5.73 Å². The molecule has 0 saturated carbocycles. The Morgan fingerprint density at radius 3 is 2.33 bits per heavy atom. The summed E-state index contributed by atoms with van der Waals surface area (Å²) in [5.74, 6) is -0.212. The van der Waals surface area contributed by atoms with Gasteiger partial charge in [0.15, 0.2) is 0 Å². The summed E-state index contributed by atoms with van der Waals surface area (Å²) in [5.41, 5.74) is 6.23. The normalized spacial score (nSPS) is 14.7. The number of Topliss-reactive ketones (excluding diaryl/α,β-unsaturated/α-hetero) is 1. The number of hydrogen-bond acceptors (Lipinski definition) is 4. The van der Waals surface area contributed by atoms with Crippen LogP contribution in [0.4, 0.5) is 0 Å². The largest absolute Gasteiger partial charge is 0.386 e. The lowest BCUT2D eigenvalue weighted by molar-refractivity contribution is -0.120. The molecule has 0 radical (unpaired) electrons. The zero-order valence-corrected chi connectivity index (χ0v) is 9.62. The Morgan fingerprint density at radius 1 is 1.40 bits per heavy atom. The molecule has 0 aliphatic rings. The number of aliphatic hydroxyl groups excluding tert-OH is 1. The summed E-state index contributed by atoms with van der Waals surface area (Å²) in [5, 5.41) is 9.77. The van der Waals surface area contributed by atoms with E-state index in [4.69, 9.17) is 5.73 Å². The zero-order chi connectivity index (χ0) is 11.4. The van der Waals surface area contributed by atoms with Crippen molar-refractivity contribution in [3.8, 4) is 0 Å². The van der Waals surface area contributed by atoms with Gasteiger partial charge in [-0.05, 0) is 30.9 Å². The van der Waals surface area contributed by atoms with E-state index in [0.717, 1.165) is 4.90 Å². The van der Waals surface area contributed by atoms with Crippen molar-refractivity contribution in [3.63, 3.8) is 0 Å². The van der Waals surface area contributed by atoms with Crippen LogP contribution in [-0.2, 0) is 4.79 Å². The average Bonchev–Trinajstić information content (AvgIpc) is 2.27. The average molecular weight is 225 g/mol. The van der Waals surface area contributed by atoms with E-state index in [-0.39, 0.29) is 5.78 Å². The fraction of sp³-hybridized carbons (Fsp3) is 0.364. The lowest BCUT2D eigenvalue weighted by atomic mass is 10.0. The first-order chi connectivity index (χ1) is 7.06. The number of ketones is 1. The number of thioether (sulfide) groups is 1. The summed E-state index contributed by atoms with van der Waals surface area (Å²) in [6.45, 7) is 1.38. The smallest absolute Gasteiger partial charge is 0.149 e. The molecule has 0 aliphatic heterocycles. The molecule has 0 spiro atoms. The molecule has 4 heteroatoms. The Bertz CT molecular complexity index is 337. The SMILES string of the molecule is CSc1ccc([C@@H](O)[C@H](N)C(C)=O)cc1. The molecule has 0 heterocycles. The molecule has 82 valence electrons. The molecular formula is C11H15NO2S. The monoisotopic (exact) mass is 225 g/mol. The molecule has 0 aliphatic carbocycles. The second kappa shape index (κ2) is 5.30. The fourth-order valence-corrected chi connectivity index (χ4v) is 1.64. The molecule has 15 heavy (non-hydrogen) atoms. The molecule has 3 nitrogen and oxygen atoms in total. The van der Waals surface area contributed by atoms with Crippen LogP contribution >= 0.6 is 11.8 Å². The first kappa shape index (κ1) is 12.2. The third-order valence-electron chi connectivity index (χ3n) is 2.27. The van der Waals surface area contributed by atoms with Gasteiger partial charge in [0.2, 0.25) is 0 Å². The van der Waals surface area contributed by atoms with Crippen molar-refractivity contribution >= 4 is 17.5 Å². The summed E-state index contributed by atoms with van der Waals surface area (Å²) >= 11 is 1.62. The van der Waals surface area contributed by atoms with Gasteiger partial charge in [0.05, 0.1) is 6.04 Å². The second-order valence-corrected chi connectivity index (χ2v) is 4.23.